The van der Waals surface area contributed by atoms with Crippen molar-refractivity contribution in [2.24, 2.45) is 0 Å². The molecule has 0 bridgehead atoms. The second kappa shape index (κ2) is 5.75. The fourth-order valence-electron chi connectivity index (χ4n) is 1.64. The lowest BCUT2D eigenvalue weighted by molar-refractivity contribution is -0.0500. The van der Waals surface area contributed by atoms with Gasteiger partial charge in [0.15, 0.2) is 11.5 Å². The van der Waals surface area contributed by atoms with E-state index in [9.17, 15) is 21.6 Å². The summed E-state index contributed by atoms with van der Waals surface area (Å²) in [5.74, 6) is -1.02. The zero-order chi connectivity index (χ0) is 17.4. The molecule has 122 valence electrons. The number of nitriles is 1. The zero-order valence-electron chi connectivity index (χ0n) is 11.2. The number of pyridine rings is 1. The van der Waals surface area contributed by atoms with Gasteiger partial charge in [-0.25, -0.2) is 0 Å². The van der Waals surface area contributed by atoms with Gasteiger partial charge in [0.2, 0.25) is 0 Å². The minimum absolute atomic E-state index is 0.000952. The highest BCUT2D eigenvalue weighted by atomic mass is 35.5. The van der Waals surface area contributed by atoms with Crippen LogP contribution in [0.2, 0.25) is 5.02 Å². The summed E-state index contributed by atoms with van der Waals surface area (Å²) in [5.41, 5.74) is -5.53. The summed E-state index contributed by atoms with van der Waals surface area (Å²) in [6, 6.07) is 3.84. The average Bonchev–Trinajstić information content (AvgIpc) is 2.45. The van der Waals surface area contributed by atoms with Gasteiger partial charge in [-0.2, -0.15) is 26.9 Å². The van der Waals surface area contributed by atoms with Gasteiger partial charge in [-0.05, 0) is 6.07 Å². The van der Waals surface area contributed by atoms with Gasteiger partial charge in [0.05, 0.1) is 23.2 Å². The van der Waals surface area contributed by atoms with Crippen molar-refractivity contribution < 1.29 is 30.5 Å². The van der Waals surface area contributed by atoms with Crippen LogP contribution in [0.3, 0.4) is 0 Å². The standard InChI is InChI=1S/C12H6ClF3N2O4S/c1-21-9-2-7-8(18-5-6(4-17)11(7)13)3-10(9)22-23(19,20)12(14,15)16/h2-3,5H,1H3. The molecule has 0 unspecified atom stereocenters. The molecule has 0 aliphatic rings. The predicted octanol–water partition coefficient (Wildman–Crippen LogP) is 3.00. The Hall–Kier alpha value is -2.25. The van der Waals surface area contributed by atoms with E-state index in [-0.39, 0.29) is 27.2 Å². The van der Waals surface area contributed by atoms with Crippen molar-refractivity contribution in [3.8, 4) is 17.6 Å². The van der Waals surface area contributed by atoms with Gasteiger partial charge in [-0.3, -0.25) is 4.98 Å². The molecule has 0 atom stereocenters. The van der Waals surface area contributed by atoms with E-state index < -0.39 is 21.4 Å². The Morgan fingerprint density at radius 2 is 1.96 bits per heavy atom. The molecule has 1 heterocycles. The predicted molar refractivity (Wildman–Crippen MR) is 73.6 cm³/mol. The van der Waals surface area contributed by atoms with Gasteiger partial charge < -0.3 is 8.92 Å². The normalized spacial score (nSPS) is 12.0. The molecule has 0 fully saturated rings. The molecule has 0 radical (unpaired) electrons. The molecular weight excluding hydrogens is 361 g/mol. The second-order valence-electron chi connectivity index (χ2n) is 4.10. The SMILES string of the molecule is COc1cc2c(Cl)c(C#N)cnc2cc1OS(=O)(=O)C(F)(F)F. The maximum atomic E-state index is 12.4. The quantitative estimate of drug-likeness (QED) is 0.612. The molecule has 6 nitrogen and oxygen atoms in total. The zero-order valence-corrected chi connectivity index (χ0v) is 12.8. The summed E-state index contributed by atoms with van der Waals surface area (Å²) in [4.78, 5) is 3.82. The summed E-state index contributed by atoms with van der Waals surface area (Å²) in [5, 5.41) is 9.06. The van der Waals surface area contributed by atoms with Crippen LogP contribution < -0.4 is 8.92 Å². The maximum absolute atomic E-state index is 12.4. The molecule has 11 heteroatoms. The lowest BCUT2D eigenvalue weighted by Crippen LogP contribution is -2.28. The van der Waals surface area contributed by atoms with E-state index in [1.165, 1.54) is 0 Å². The number of ether oxygens (including phenoxy) is 1. The highest BCUT2D eigenvalue weighted by Crippen LogP contribution is 2.38. The van der Waals surface area contributed by atoms with Crippen LogP contribution in [0.1, 0.15) is 5.56 Å². The second-order valence-corrected chi connectivity index (χ2v) is 6.02. The van der Waals surface area contributed by atoms with Crippen LogP contribution in [0.25, 0.3) is 10.9 Å². The third-order valence-electron chi connectivity index (χ3n) is 2.69. The molecule has 1 aromatic carbocycles. The molecule has 0 aliphatic heterocycles. The Labute approximate surface area is 133 Å². The van der Waals surface area contributed by atoms with Gasteiger partial charge in [-0.1, -0.05) is 11.6 Å². The molecule has 0 N–H and O–H groups in total. The van der Waals surface area contributed by atoms with Gasteiger partial charge in [-0.15, -0.1) is 0 Å². The number of nitrogens with zero attached hydrogens (tertiary/aromatic N) is 2. The largest absolute Gasteiger partial charge is 0.534 e. The average molecular weight is 367 g/mol. The Kier molecular flexibility index (Phi) is 4.28. The number of hydrogen-bond donors (Lipinski definition) is 0. The number of fused-ring (bicyclic) bond motifs is 1. The molecule has 1 aromatic heterocycles. The van der Waals surface area contributed by atoms with Crippen molar-refractivity contribution in [2.75, 3.05) is 7.11 Å². The van der Waals surface area contributed by atoms with Crippen LogP contribution in [0.5, 0.6) is 11.5 Å². The maximum Gasteiger partial charge on any atom is 0.534 e. The molecule has 2 aromatic rings. The number of hydrogen-bond acceptors (Lipinski definition) is 6. The summed E-state index contributed by atoms with van der Waals surface area (Å²) in [6.07, 6.45) is 1.10. The van der Waals surface area contributed by atoms with Crippen LogP contribution in [0.4, 0.5) is 13.2 Å². The Balaban J connectivity index is 2.65. The summed E-state index contributed by atoms with van der Waals surface area (Å²) in [6.45, 7) is 0. The first-order valence-corrected chi connectivity index (χ1v) is 7.46. The lowest BCUT2D eigenvalue weighted by Gasteiger charge is -2.13. The van der Waals surface area contributed by atoms with Crippen molar-refractivity contribution >= 4 is 32.6 Å². The fourth-order valence-corrected chi connectivity index (χ4v) is 2.34. The highest BCUT2D eigenvalue weighted by molar-refractivity contribution is 7.88. The molecule has 0 saturated heterocycles. The van der Waals surface area contributed by atoms with Crippen LogP contribution >= 0.6 is 11.6 Å². The molecule has 2 rings (SSSR count). The van der Waals surface area contributed by atoms with Gasteiger partial charge in [0.25, 0.3) is 0 Å². The van der Waals surface area contributed by atoms with E-state index >= 15 is 0 Å². The van der Waals surface area contributed by atoms with Gasteiger partial charge in [0, 0.05) is 17.6 Å². The van der Waals surface area contributed by atoms with Crippen molar-refractivity contribution in [3.05, 3.63) is 28.9 Å². The van der Waals surface area contributed by atoms with Crippen LogP contribution in [0, 0.1) is 11.3 Å². The number of benzene rings is 1. The number of alkyl halides is 3. The molecule has 0 aliphatic carbocycles. The van der Waals surface area contributed by atoms with E-state index in [2.05, 4.69) is 9.17 Å². The van der Waals surface area contributed by atoms with E-state index in [1.54, 1.807) is 6.07 Å². The monoisotopic (exact) mass is 366 g/mol. The topological polar surface area (TPSA) is 89.3 Å². The molecule has 0 spiro atoms. The lowest BCUT2D eigenvalue weighted by atomic mass is 10.1. The Morgan fingerprint density at radius 3 is 2.48 bits per heavy atom. The summed E-state index contributed by atoms with van der Waals surface area (Å²) >= 11 is 5.97. The van der Waals surface area contributed by atoms with Crippen molar-refractivity contribution in [1.82, 2.24) is 4.98 Å². The van der Waals surface area contributed by atoms with Crippen LogP contribution in [0.15, 0.2) is 18.3 Å². The van der Waals surface area contributed by atoms with Gasteiger partial charge in [0.1, 0.15) is 6.07 Å². The smallest absolute Gasteiger partial charge is 0.493 e. The molecule has 23 heavy (non-hydrogen) atoms. The minimum Gasteiger partial charge on any atom is -0.493 e. The van der Waals surface area contributed by atoms with Crippen molar-refractivity contribution in [3.63, 3.8) is 0 Å². The third kappa shape index (κ3) is 3.11. The van der Waals surface area contributed by atoms with Gasteiger partial charge >= 0.3 is 15.6 Å². The molecule has 0 saturated carbocycles. The van der Waals surface area contributed by atoms with Crippen LogP contribution in [-0.2, 0) is 10.1 Å². The summed E-state index contributed by atoms with van der Waals surface area (Å²) in [7, 11) is -4.77. The number of rotatable bonds is 3. The van der Waals surface area contributed by atoms with E-state index in [4.69, 9.17) is 21.6 Å². The molecule has 0 amide bonds. The Morgan fingerprint density at radius 1 is 1.30 bits per heavy atom. The Bertz CT molecular complexity index is 923. The minimum atomic E-state index is -5.87. The van der Waals surface area contributed by atoms with E-state index in [0.29, 0.717) is 0 Å². The number of halogens is 4. The van der Waals surface area contributed by atoms with Crippen molar-refractivity contribution in [2.45, 2.75) is 5.51 Å². The van der Waals surface area contributed by atoms with Crippen LogP contribution in [-0.4, -0.2) is 26.0 Å². The molecular formula is C12H6ClF3N2O4S. The third-order valence-corrected chi connectivity index (χ3v) is 4.06. The number of aromatic nitrogens is 1. The van der Waals surface area contributed by atoms with E-state index in [0.717, 1.165) is 25.4 Å². The first kappa shape index (κ1) is 17.1. The first-order valence-electron chi connectivity index (χ1n) is 5.68. The summed E-state index contributed by atoms with van der Waals surface area (Å²) < 4.78 is 68.3. The van der Waals surface area contributed by atoms with Crippen molar-refractivity contribution in [1.29, 1.82) is 5.26 Å². The fraction of sp³-hybridized carbons (Fsp3) is 0.167. The van der Waals surface area contributed by atoms with E-state index in [1.807, 2.05) is 0 Å². The first-order chi connectivity index (χ1) is 10.6. The highest BCUT2D eigenvalue weighted by Gasteiger charge is 2.49. The number of methoxy groups -OCH3 is 1.